The summed E-state index contributed by atoms with van der Waals surface area (Å²) < 4.78 is 0. The zero-order valence-electron chi connectivity index (χ0n) is 42.1. The Morgan fingerprint density at radius 1 is 0.414 bits per heavy atom. The van der Waals surface area contributed by atoms with Gasteiger partial charge in [-0.1, -0.05) is 246 Å². The second kappa shape index (κ2) is 20.9. The Hall–Kier alpha value is -7.02. The molecule has 0 N–H and O–H groups in total. The molecule has 0 amide bonds. The normalized spacial score (nSPS) is 13.8. The van der Waals surface area contributed by atoms with Gasteiger partial charge in [0.1, 0.15) is 0 Å². The lowest BCUT2D eigenvalue weighted by molar-refractivity contribution is 0.443. The van der Waals surface area contributed by atoms with E-state index in [1.54, 1.807) is 0 Å². The number of hydrogen-bond acceptors (Lipinski definition) is 0. The molecule has 0 bridgehead atoms. The molecule has 0 saturated heterocycles. The third kappa shape index (κ3) is 9.13. The largest absolute Gasteiger partial charge is 0.0714 e. The maximum absolute atomic E-state index is 2.62. The summed E-state index contributed by atoms with van der Waals surface area (Å²) in [5.41, 5.74) is 19.2. The lowest BCUT2D eigenvalue weighted by Crippen LogP contribution is -2.29. The van der Waals surface area contributed by atoms with Crippen LogP contribution < -0.4 is 0 Å². The first-order valence-corrected chi connectivity index (χ1v) is 26.2. The van der Waals surface area contributed by atoms with Gasteiger partial charge in [-0.15, -0.1) is 0 Å². The molecule has 0 unspecified atom stereocenters. The zero-order valence-corrected chi connectivity index (χ0v) is 42.1. The number of rotatable bonds is 8. The minimum atomic E-state index is -0.432. The van der Waals surface area contributed by atoms with Crippen LogP contribution in [0.1, 0.15) is 120 Å². The van der Waals surface area contributed by atoms with Gasteiger partial charge in [-0.05, 0) is 169 Å². The van der Waals surface area contributed by atoms with Crippen LogP contribution >= 0.6 is 0 Å². The third-order valence-corrected chi connectivity index (χ3v) is 15.4. The van der Waals surface area contributed by atoms with Crippen LogP contribution in [-0.2, 0) is 18.3 Å². The molecule has 0 atom stereocenters. The highest BCUT2D eigenvalue weighted by Gasteiger charge is 2.47. The van der Waals surface area contributed by atoms with Gasteiger partial charge in [-0.2, -0.15) is 0 Å². The van der Waals surface area contributed by atoms with E-state index in [9.17, 15) is 0 Å². The fraction of sp³-hybridized carbons (Fsp3) is 0.229. The topological polar surface area (TPSA) is 0 Å². The van der Waals surface area contributed by atoms with Crippen LogP contribution in [0.3, 0.4) is 0 Å². The van der Waals surface area contributed by atoms with Crippen molar-refractivity contribution in [2.75, 3.05) is 0 Å². The van der Waals surface area contributed by atoms with Gasteiger partial charge in [0.2, 0.25) is 0 Å². The Kier molecular flexibility index (Phi) is 14.0. The van der Waals surface area contributed by atoms with Crippen LogP contribution in [0.4, 0.5) is 0 Å². The van der Waals surface area contributed by atoms with E-state index in [-0.39, 0.29) is 0 Å². The molecule has 0 heterocycles. The molecule has 0 aliphatic heterocycles. The molecule has 2 aliphatic rings. The third-order valence-electron chi connectivity index (χ3n) is 15.4. The summed E-state index contributed by atoms with van der Waals surface area (Å²) in [7, 11) is 0. The molecule has 0 radical (unpaired) electrons. The minimum Gasteiger partial charge on any atom is -0.0651 e. The number of benzene rings is 10. The molecule has 0 aromatic heterocycles. The van der Waals surface area contributed by atoms with E-state index in [2.05, 4.69) is 223 Å². The first-order chi connectivity index (χ1) is 34.4. The SMILES string of the molecule is CCCc1ccc(-c2ccccc2CCC)c(C)c1.Cc1cc2c(c3ccccc13)-c1ccc(C3CCCCC3)cc1C2(c1ccc2ccccc2c1)c1ccc2ccccc2c1.Cc1ccccc1. The van der Waals surface area contributed by atoms with Crippen molar-refractivity contribution in [1.29, 1.82) is 0 Å². The maximum Gasteiger partial charge on any atom is 0.0714 e. The highest BCUT2D eigenvalue weighted by Crippen LogP contribution is 2.59. The highest BCUT2D eigenvalue weighted by atomic mass is 14.5. The molecule has 10 aromatic rings. The van der Waals surface area contributed by atoms with Gasteiger partial charge < -0.3 is 0 Å². The summed E-state index contributed by atoms with van der Waals surface area (Å²) in [6, 6.07) is 77.2. The van der Waals surface area contributed by atoms with E-state index in [1.807, 2.05) is 18.2 Å². The van der Waals surface area contributed by atoms with Crippen molar-refractivity contribution >= 4 is 32.3 Å². The van der Waals surface area contributed by atoms with E-state index in [1.165, 1.54) is 162 Å². The van der Waals surface area contributed by atoms with E-state index in [4.69, 9.17) is 0 Å². The van der Waals surface area contributed by atoms with Crippen molar-refractivity contribution in [3.05, 3.63) is 262 Å². The fourth-order valence-electron chi connectivity index (χ4n) is 12.0. The van der Waals surface area contributed by atoms with Gasteiger partial charge in [0.25, 0.3) is 0 Å². The van der Waals surface area contributed by atoms with Gasteiger partial charge in [-0.25, -0.2) is 0 Å². The number of aryl methyl sites for hydroxylation is 5. The van der Waals surface area contributed by atoms with E-state index in [0.717, 1.165) is 6.42 Å². The molecule has 0 heteroatoms. The van der Waals surface area contributed by atoms with Crippen LogP contribution in [0.2, 0.25) is 0 Å². The smallest absolute Gasteiger partial charge is 0.0651 e. The summed E-state index contributed by atoms with van der Waals surface area (Å²) in [6.45, 7) is 11.1. The summed E-state index contributed by atoms with van der Waals surface area (Å²) in [5, 5.41) is 7.87. The van der Waals surface area contributed by atoms with Gasteiger partial charge >= 0.3 is 0 Å². The summed E-state index contributed by atoms with van der Waals surface area (Å²) in [4.78, 5) is 0. The van der Waals surface area contributed by atoms with Crippen molar-refractivity contribution in [3.63, 3.8) is 0 Å². The fourth-order valence-corrected chi connectivity index (χ4v) is 12.0. The van der Waals surface area contributed by atoms with Gasteiger partial charge in [-0.3, -0.25) is 0 Å². The number of hydrogen-bond donors (Lipinski definition) is 0. The standard InChI is InChI=1S/C44H36.C19H24.C7H8/c1-29-25-42-43(39-18-10-9-17-38(29)39)40-24-21-35(30-11-3-2-4-12-30)28-41(40)44(42,36-22-19-31-13-5-7-15-33(31)26-36)37-23-20-32-14-6-8-16-34(32)27-37;1-4-8-16-12-13-18(15(3)14-16)19-11-7-6-10-17(19)9-5-2;1-7-5-3-2-4-6-7/h5-10,13-28,30H,2-4,11-12H2,1H3;6-7,10-14H,4-5,8-9H2,1-3H3;2-6H,1H3. The summed E-state index contributed by atoms with van der Waals surface area (Å²) in [6.07, 6.45) is 11.4. The van der Waals surface area contributed by atoms with Crippen molar-refractivity contribution in [3.8, 4) is 22.3 Å². The molecule has 0 spiro atoms. The quantitative estimate of drug-likeness (QED) is 0.143. The molecule has 10 aromatic carbocycles. The summed E-state index contributed by atoms with van der Waals surface area (Å²) >= 11 is 0. The Morgan fingerprint density at radius 3 is 1.63 bits per heavy atom. The molecule has 1 fully saturated rings. The lowest BCUT2D eigenvalue weighted by Gasteiger charge is -2.35. The second-order valence-corrected chi connectivity index (χ2v) is 20.1. The Balaban J connectivity index is 0.000000180. The van der Waals surface area contributed by atoms with Gasteiger partial charge in [0.15, 0.2) is 0 Å². The summed E-state index contributed by atoms with van der Waals surface area (Å²) in [5.74, 6) is 0.641. The van der Waals surface area contributed by atoms with Crippen LogP contribution in [0.25, 0.3) is 54.6 Å². The predicted octanol–water partition coefficient (Wildman–Crippen LogP) is 19.4. The van der Waals surface area contributed by atoms with Gasteiger partial charge in [0, 0.05) is 0 Å². The van der Waals surface area contributed by atoms with E-state index >= 15 is 0 Å². The van der Waals surface area contributed by atoms with Crippen LogP contribution in [-0.4, -0.2) is 0 Å². The van der Waals surface area contributed by atoms with Crippen molar-refractivity contribution in [1.82, 2.24) is 0 Å². The Bertz CT molecular complexity index is 3340. The van der Waals surface area contributed by atoms with Gasteiger partial charge in [0.05, 0.1) is 5.41 Å². The predicted molar refractivity (Wildman–Crippen MR) is 303 cm³/mol. The Labute approximate surface area is 418 Å². The van der Waals surface area contributed by atoms with E-state index < -0.39 is 5.41 Å². The van der Waals surface area contributed by atoms with Crippen LogP contribution in [0.15, 0.2) is 206 Å². The second-order valence-electron chi connectivity index (χ2n) is 20.1. The van der Waals surface area contributed by atoms with Crippen molar-refractivity contribution in [2.24, 2.45) is 0 Å². The maximum atomic E-state index is 2.62. The molecule has 12 rings (SSSR count). The highest BCUT2D eigenvalue weighted by molar-refractivity contribution is 6.06. The Morgan fingerprint density at radius 2 is 1.00 bits per heavy atom. The molecular weight excluding hydrogens is 841 g/mol. The zero-order chi connectivity index (χ0) is 48.0. The minimum absolute atomic E-state index is 0.432. The molecule has 70 heavy (non-hydrogen) atoms. The first kappa shape index (κ1) is 46.7. The molecular formula is C70H68. The van der Waals surface area contributed by atoms with Crippen LogP contribution in [0, 0.1) is 20.8 Å². The van der Waals surface area contributed by atoms with Crippen LogP contribution in [0.5, 0.6) is 0 Å². The molecule has 0 nitrogen and oxygen atoms in total. The lowest BCUT2D eigenvalue weighted by atomic mass is 9.66. The molecule has 348 valence electrons. The molecule has 1 saturated carbocycles. The van der Waals surface area contributed by atoms with Crippen molar-refractivity contribution < 1.29 is 0 Å². The molecule has 2 aliphatic carbocycles. The average molecular weight is 909 g/mol. The number of fused-ring (bicyclic) bond motifs is 7. The monoisotopic (exact) mass is 909 g/mol. The van der Waals surface area contributed by atoms with Crippen molar-refractivity contribution in [2.45, 2.75) is 104 Å². The van der Waals surface area contributed by atoms with E-state index in [0.29, 0.717) is 5.92 Å². The first-order valence-electron chi connectivity index (χ1n) is 26.2. The average Bonchev–Trinajstić information content (AvgIpc) is 3.70.